The number of rotatable bonds is 7. The number of amides is 1. The third kappa shape index (κ3) is 8.04. The van der Waals surface area contributed by atoms with E-state index in [9.17, 15) is 4.79 Å². The molecule has 0 aromatic heterocycles. The quantitative estimate of drug-likeness (QED) is 0.660. The number of nitrogens with one attached hydrogen (secondary N) is 1. The minimum absolute atomic E-state index is 0.256. The first kappa shape index (κ1) is 20.3. The molecule has 0 bridgehead atoms. The van der Waals surface area contributed by atoms with E-state index in [1.54, 1.807) is 4.90 Å². The Labute approximate surface area is 152 Å². The fourth-order valence-electron chi connectivity index (χ4n) is 1.99. The number of halogens is 2. The summed E-state index contributed by atoms with van der Waals surface area (Å²) in [7, 11) is 0. The zero-order valence-electron chi connectivity index (χ0n) is 14.3. The molecule has 1 aromatic carbocycles. The van der Waals surface area contributed by atoms with Gasteiger partial charge in [0.2, 0.25) is 0 Å². The first-order valence-corrected chi connectivity index (χ1v) is 9.02. The molecule has 130 valence electrons. The highest BCUT2D eigenvalue weighted by molar-refractivity contribution is 9.10. The highest BCUT2D eigenvalue weighted by Crippen LogP contribution is 2.21. The van der Waals surface area contributed by atoms with Crippen molar-refractivity contribution in [2.45, 2.75) is 46.3 Å². The van der Waals surface area contributed by atoms with Gasteiger partial charge in [0.15, 0.2) is 0 Å². The number of carbonyl (C=O) groups is 1. The van der Waals surface area contributed by atoms with Crippen LogP contribution in [0, 0.1) is 0 Å². The molecule has 0 aliphatic carbocycles. The number of nitrogens with zero attached hydrogens (tertiary/aromatic N) is 1. The number of hydrogen-bond acceptors (Lipinski definition) is 3. The van der Waals surface area contributed by atoms with Crippen molar-refractivity contribution in [1.29, 1.82) is 0 Å². The first-order valence-electron chi connectivity index (χ1n) is 7.85. The molecule has 0 atom stereocenters. The van der Waals surface area contributed by atoms with E-state index < -0.39 is 5.60 Å². The molecule has 0 saturated carbocycles. The van der Waals surface area contributed by atoms with Crippen LogP contribution in [-0.2, 0) is 11.3 Å². The van der Waals surface area contributed by atoms with Gasteiger partial charge in [0, 0.05) is 35.7 Å². The lowest BCUT2D eigenvalue weighted by Crippen LogP contribution is -2.40. The fraction of sp³-hybridized carbons (Fsp3) is 0.588. The SMILES string of the molecule is CCCN(CCNCc1ccc(Cl)cc1Br)C(=O)OC(C)(C)C. The Morgan fingerprint density at radius 1 is 1.35 bits per heavy atom. The molecular formula is C17H26BrClN2O2. The van der Waals surface area contributed by atoms with Gasteiger partial charge in [-0.25, -0.2) is 4.79 Å². The number of carbonyl (C=O) groups excluding carboxylic acids is 1. The second-order valence-corrected chi connectivity index (χ2v) is 7.67. The van der Waals surface area contributed by atoms with Crippen LogP contribution in [-0.4, -0.2) is 36.2 Å². The normalized spacial score (nSPS) is 11.4. The lowest BCUT2D eigenvalue weighted by molar-refractivity contribution is 0.0252. The van der Waals surface area contributed by atoms with E-state index >= 15 is 0 Å². The van der Waals surface area contributed by atoms with Crippen molar-refractivity contribution < 1.29 is 9.53 Å². The standard InChI is InChI=1S/C17H26BrClN2O2/c1-5-9-21(16(22)23-17(2,3)4)10-8-20-12-13-6-7-14(19)11-15(13)18/h6-7,11,20H,5,8-10,12H2,1-4H3. The van der Waals surface area contributed by atoms with Crippen LogP contribution in [0.2, 0.25) is 5.02 Å². The summed E-state index contributed by atoms with van der Waals surface area (Å²) in [6.45, 7) is 10.4. The van der Waals surface area contributed by atoms with Crippen LogP contribution < -0.4 is 5.32 Å². The van der Waals surface area contributed by atoms with Gasteiger partial charge in [-0.1, -0.05) is 40.5 Å². The summed E-state index contributed by atoms with van der Waals surface area (Å²) < 4.78 is 6.42. The third-order valence-electron chi connectivity index (χ3n) is 3.03. The van der Waals surface area contributed by atoms with E-state index in [0.717, 1.165) is 16.5 Å². The lowest BCUT2D eigenvalue weighted by Gasteiger charge is -2.27. The van der Waals surface area contributed by atoms with Gasteiger partial charge in [0.1, 0.15) is 5.60 Å². The summed E-state index contributed by atoms with van der Waals surface area (Å²) in [4.78, 5) is 13.9. The van der Waals surface area contributed by atoms with Gasteiger partial charge >= 0.3 is 6.09 Å². The minimum Gasteiger partial charge on any atom is -0.444 e. The van der Waals surface area contributed by atoms with E-state index in [4.69, 9.17) is 16.3 Å². The summed E-state index contributed by atoms with van der Waals surface area (Å²) in [6.07, 6.45) is 0.649. The zero-order valence-corrected chi connectivity index (χ0v) is 16.6. The molecule has 1 aromatic rings. The molecular weight excluding hydrogens is 380 g/mol. The number of ether oxygens (including phenoxy) is 1. The summed E-state index contributed by atoms with van der Waals surface area (Å²) in [6, 6.07) is 5.73. The van der Waals surface area contributed by atoms with Gasteiger partial charge < -0.3 is 15.0 Å². The van der Waals surface area contributed by atoms with Crippen LogP contribution in [0.4, 0.5) is 4.79 Å². The van der Waals surface area contributed by atoms with Crippen LogP contribution >= 0.6 is 27.5 Å². The summed E-state index contributed by atoms with van der Waals surface area (Å²) >= 11 is 9.43. The van der Waals surface area contributed by atoms with Crippen molar-refractivity contribution in [2.75, 3.05) is 19.6 Å². The van der Waals surface area contributed by atoms with Gasteiger partial charge in [-0.15, -0.1) is 0 Å². The van der Waals surface area contributed by atoms with E-state index in [1.165, 1.54) is 0 Å². The van der Waals surface area contributed by atoms with Gasteiger partial charge in [-0.05, 0) is 44.9 Å². The Kier molecular flexibility index (Phi) is 8.37. The van der Waals surface area contributed by atoms with Crippen molar-refractivity contribution in [3.63, 3.8) is 0 Å². The van der Waals surface area contributed by atoms with Crippen LogP contribution in [0.3, 0.4) is 0 Å². The molecule has 0 radical (unpaired) electrons. The Balaban J connectivity index is 2.45. The van der Waals surface area contributed by atoms with Crippen molar-refractivity contribution in [3.8, 4) is 0 Å². The van der Waals surface area contributed by atoms with E-state index in [1.807, 2.05) is 39.0 Å². The van der Waals surface area contributed by atoms with Gasteiger partial charge in [0.25, 0.3) is 0 Å². The van der Waals surface area contributed by atoms with Crippen LogP contribution in [0.25, 0.3) is 0 Å². The topological polar surface area (TPSA) is 41.6 Å². The maximum atomic E-state index is 12.2. The fourth-order valence-corrected chi connectivity index (χ4v) is 2.82. The summed E-state index contributed by atoms with van der Waals surface area (Å²) in [5.74, 6) is 0. The molecule has 6 heteroatoms. The Hall–Kier alpha value is -0.780. The monoisotopic (exact) mass is 404 g/mol. The number of benzene rings is 1. The van der Waals surface area contributed by atoms with E-state index in [-0.39, 0.29) is 6.09 Å². The molecule has 23 heavy (non-hydrogen) atoms. The second kappa shape index (κ2) is 9.50. The maximum absolute atomic E-state index is 12.2. The summed E-state index contributed by atoms with van der Waals surface area (Å²) in [5, 5.41) is 4.05. The minimum atomic E-state index is -0.468. The molecule has 1 N–H and O–H groups in total. The molecule has 0 aliphatic rings. The average molecular weight is 406 g/mol. The Morgan fingerprint density at radius 2 is 2.04 bits per heavy atom. The highest BCUT2D eigenvalue weighted by Gasteiger charge is 2.21. The van der Waals surface area contributed by atoms with Crippen molar-refractivity contribution in [3.05, 3.63) is 33.3 Å². The van der Waals surface area contributed by atoms with Crippen LogP contribution in [0.5, 0.6) is 0 Å². The van der Waals surface area contributed by atoms with Gasteiger partial charge in [-0.2, -0.15) is 0 Å². The molecule has 1 rings (SSSR count). The van der Waals surface area contributed by atoms with E-state index in [2.05, 4.69) is 28.2 Å². The Bertz CT molecular complexity index is 518. The predicted octanol–water partition coefficient (Wildman–Crippen LogP) is 4.84. The van der Waals surface area contributed by atoms with Gasteiger partial charge in [-0.3, -0.25) is 0 Å². The zero-order chi connectivity index (χ0) is 17.5. The number of hydrogen-bond donors (Lipinski definition) is 1. The highest BCUT2D eigenvalue weighted by atomic mass is 79.9. The molecule has 4 nitrogen and oxygen atoms in total. The van der Waals surface area contributed by atoms with Crippen molar-refractivity contribution in [1.82, 2.24) is 10.2 Å². The molecule has 0 spiro atoms. The summed E-state index contributed by atoms with van der Waals surface area (Å²) in [5.41, 5.74) is 0.665. The van der Waals surface area contributed by atoms with Crippen LogP contribution in [0.1, 0.15) is 39.7 Å². The van der Waals surface area contributed by atoms with Crippen molar-refractivity contribution >= 4 is 33.6 Å². The average Bonchev–Trinajstić information content (AvgIpc) is 2.42. The third-order valence-corrected chi connectivity index (χ3v) is 4.01. The molecule has 0 saturated heterocycles. The molecule has 0 heterocycles. The molecule has 1 amide bonds. The maximum Gasteiger partial charge on any atom is 0.410 e. The first-order chi connectivity index (χ1) is 10.7. The molecule has 0 fully saturated rings. The van der Waals surface area contributed by atoms with Crippen molar-refractivity contribution in [2.24, 2.45) is 0 Å². The predicted molar refractivity (Wildman–Crippen MR) is 99.0 cm³/mol. The molecule has 0 aliphatic heterocycles. The lowest BCUT2D eigenvalue weighted by atomic mass is 10.2. The largest absolute Gasteiger partial charge is 0.444 e. The molecule has 0 unspecified atom stereocenters. The Morgan fingerprint density at radius 3 is 2.61 bits per heavy atom. The van der Waals surface area contributed by atoms with E-state index in [0.29, 0.717) is 31.2 Å². The smallest absolute Gasteiger partial charge is 0.410 e. The second-order valence-electron chi connectivity index (χ2n) is 6.38. The van der Waals surface area contributed by atoms with Crippen LogP contribution in [0.15, 0.2) is 22.7 Å². The van der Waals surface area contributed by atoms with Gasteiger partial charge in [0.05, 0.1) is 0 Å².